The van der Waals surface area contributed by atoms with Crippen LogP contribution < -0.4 is 0 Å². The van der Waals surface area contributed by atoms with Gasteiger partial charge in [0, 0.05) is 5.92 Å². The number of carbonyl (C=O) groups is 1. The SMILES string of the molecule is CCOC(=O)c1nnc(C2C3CCCC32)o1. The minimum absolute atomic E-state index is 0.0122. The van der Waals surface area contributed by atoms with Crippen molar-refractivity contribution < 1.29 is 13.9 Å². The summed E-state index contributed by atoms with van der Waals surface area (Å²) in [5, 5.41) is 7.68. The molecular formula is C11H14N2O3. The lowest BCUT2D eigenvalue weighted by Gasteiger charge is -1.96. The molecule has 0 saturated heterocycles. The van der Waals surface area contributed by atoms with E-state index in [4.69, 9.17) is 9.15 Å². The molecule has 0 aliphatic heterocycles. The zero-order valence-electron chi connectivity index (χ0n) is 9.18. The minimum Gasteiger partial charge on any atom is -0.459 e. The molecule has 0 aromatic carbocycles. The van der Waals surface area contributed by atoms with Crippen LogP contribution in [0, 0.1) is 11.8 Å². The number of nitrogens with zero attached hydrogens (tertiary/aromatic N) is 2. The van der Waals surface area contributed by atoms with Crippen LogP contribution in [0.1, 0.15) is 48.7 Å². The molecule has 0 N–H and O–H groups in total. The lowest BCUT2D eigenvalue weighted by molar-refractivity contribution is 0.0478. The second kappa shape index (κ2) is 3.57. The Balaban J connectivity index is 1.71. The Morgan fingerprint density at radius 2 is 2.19 bits per heavy atom. The van der Waals surface area contributed by atoms with Gasteiger partial charge >= 0.3 is 11.9 Å². The Kier molecular flexibility index (Phi) is 2.19. The van der Waals surface area contributed by atoms with Crippen molar-refractivity contribution in [1.82, 2.24) is 10.2 Å². The van der Waals surface area contributed by atoms with E-state index in [1.54, 1.807) is 6.92 Å². The third kappa shape index (κ3) is 1.42. The number of hydrogen-bond acceptors (Lipinski definition) is 5. The van der Waals surface area contributed by atoms with Gasteiger partial charge in [-0.3, -0.25) is 0 Å². The summed E-state index contributed by atoms with van der Waals surface area (Å²) in [6, 6.07) is 0. The first-order valence-corrected chi connectivity index (χ1v) is 5.81. The average Bonchev–Trinajstić information content (AvgIpc) is 2.76. The molecule has 0 spiro atoms. The van der Waals surface area contributed by atoms with Crippen LogP contribution in [0.4, 0.5) is 0 Å². The van der Waals surface area contributed by atoms with Crippen LogP contribution in [-0.2, 0) is 4.74 Å². The van der Waals surface area contributed by atoms with Gasteiger partial charge < -0.3 is 9.15 Å². The van der Waals surface area contributed by atoms with Crippen LogP contribution in [0.15, 0.2) is 4.42 Å². The fourth-order valence-corrected chi connectivity index (χ4v) is 2.83. The summed E-state index contributed by atoms with van der Waals surface area (Å²) in [4.78, 5) is 11.3. The van der Waals surface area contributed by atoms with Crippen molar-refractivity contribution >= 4 is 5.97 Å². The van der Waals surface area contributed by atoms with Crippen LogP contribution in [0.2, 0.25) is 0 Å². The van der Waals surface area contributed by atoms with Crippen LogP contribution in [-0.4, -0.2) is 22.8 Å². The lowest BCUT2D eigenvalue weighted by atomic mass is 10.1. The third-order valence-electron chi connectivity index (χ3n) is 3.58. The fourth-order valence-electron chi connectivity index (χ4n) is 2.83. The largest absolute Gasteiger partial charge is 0.459 e. The van der Waals surface area contributed by atoms with E-state index in [2.05, 4.69) is 10.2 Å². The van der Waals surface area contributed by atoms with Crippen molar-refractivity contribution in [2.75, 3.05) is 6.61 Å². The van der Waals surface area contributed by atoms with E-state index >= 15 is 0 Å². The van der Waals surface area contributed by atoms with E-state index in [1.807, 2.05) is 0 Å². The van der Waals surface area contributed by atoms with Crippen LogP contribution >= 0.6 is 0 Å². The molecule has 2 aliphatic carbocycles. The molecule has 5 heteroatoms. The van der Waals surface area contributed by atoms with Crippen molar-refractivity contribution in [3.05, 3.63) is 11.8 Å². The van der Waals surface area contributed by atoms with Gasteiger partial charge in [-0.2, -0.15) is 0 Å². The molecule has 1 heterocycles. The van der Waals surface area contributed by atoms with E-state index in [1.165, 1.54) is 19.3 Å². The summed E-state index contributed by atoms with van der Waals surface area (Å²) in [5.41, 5.74) is 0. The first-order chi connectivity index (χ1) is 7.81. The normalized spacial score (nSPS) is 31.2. The topological polar surface area (TPSA) is 65.2 Å². The Hall–Kier alpha value is -1.39. The van der Waals surface area contributed by atoms with Crippen molar-refractivity contribution in [1.29, 1.82) is 0 Å². The second-order valence-corrected chi connectivity index (χ2v) is 4.45. The number of hydrogen-bond donors (Lipinski definition) is 0. The smallest absolute Gasteiger partial charge is 0.396 e. The molecule has 1 aromatic heterocycles. The summed E-state index contributed by atoms with van der Waals surface area (Å²) >= 11 is 0. The van der Waals surface area contributed by atoms with Gasteiger partial charge in [0.05, 0.1) is 6.61 Å². The number of esters is 1. The maximum atomic E-state index is 11.3. The summed E-state index contributed by atoms with van der Waals surface area (Å²) in [6.45, 7) is 2.08. The lowest BCUT2D eigenvalue weighted by Crippen LogP contribution is -2.04. The van der Waals surface area contributed by atoms with E-state index in [9.17, 15) is 4.79 Å². The predicted molar refractivity (Wildman–Crippen MR) is 53.8 cm³/mol. The quantitative estimate of drug-likeness (QED) is 0.729. The molecule has 0 amide bonds. The molecule has 2 unspecified atom stereocenters. The molecule has 2 aliphatic rings. The number of fused-ring (bicyclic) bond motifs is 1. The molecular weight excluding hydrogens is 208 g/mol. The van der Waals surface area contributed by atoms with Crippen LogP contribution in [0.3, 0.4) is 0 Å². The Bertz CT molecular complexity index is 405. The van der Waals surface area contributed by atoms with Gasteiger partial charge in [-0.25, -0.2) is 4.79 Å². The number of aromatic nitrogens is 2. The first kappa shape index (κ1) is 9.81. The molecule has 16 heavy (non-hydrogen) atoms. The standard InChI is InChI=1S/C11H14N2O3/c1-2-15-11(14)10-13-12-9(16-10)8-6-4-3-5-7(6)8/h6-8H,2-5H2,1H3. The maximum absolute atomic E-state index is 11.3. The Morgan fingerprint density at radius 3 is 2.88 bits per heavy atom. The molecule has 3 rings (SSSR count). The molecule has 2 atom stereocenters. The predicted octanol–water partition coefficient (Wildman–Crippen LogP) is 1.76. The highest BCUT2D eigenvalue weighted by Gasteiger charge is 2.56. The van der Waals surface area contributed by atoms with Gasteiger partial charge in [-0.15, -0.1) is 10.2 Å². The summed E-state index contributed by atoms with van der Waals surface area (Å²) in [5.74, 6) is 1.93. The molecule has 0 bridgehead atoms. The van der Waals surface area contributed by atoms with Crippen molar-refractivity contribution in [3.8, 4) is 0 Å². The highest BCUT2D eigenvalue weighted by atomic mass is 16.5. The van der Waals surface area contributed by atoms with E-state index < -0.39 is 5.97 Å². The first-order valence-electron chi connectivity index (χ1n) is 5.81. The maximum Gasteiger partial charge on any atom is 0.396 e. The molecule has 2 saturated carbocycles. The third-order valence-corrected chi connectivity index (χ3v) is 3.58. The molecule has 86 valence electrons. The summed E-state index contributed by atoms with van der Waals surface area (Å²) in [6.07, 6.45) is 3.82. The van der Waals surface area contributed by atoms with Gasteiger partial charge in [-0.1, -0.05) is 6.42 Å². The van der Waals surface area contributed by atoms with Gasteiger partial charge in [0.25, 0.3) is 0 Å². The zero-order chi connectivity index (χ0) is 11.1. The number of rotatable bonds is 3. The van der Waals surface area contributed by atoms with Crippen molar-refractivity contribution in [2.24, 2.45) is 11.8 Å². The van der Waals surface area contributed by atoms with Crippen LogP contribution in [0.5, 0.6) is 0 Å². The van der Waals surface area contributed by atoms with E-state index in [0.717, 1.165) is 11.8 Å². The van der Waals surface area contributed by atoms with Crippen molar-refractivity contribution in [3.63, 3.8) is 0 Å². The highest BCUT2D eigenvalue weighted by molar-refractivity contribution is 5.83. The van der Waals surface area contributed by atoms with Gasteiger partial charge in [0.15, 0.2) is 0 Å². The molecule has 0 radical (unpaired) electrons. The highest BCUT2D eigenvalue weighted by Crippen LogP contribution is 2.62. The zero-order valence-corrected chi connectivity index (χ0v) is 9.18. The Morgan fingerprint density at radius 1 is 1.44 bits per heavy atom. The average molecular weight is 222 g/mol. The minimum atomic E-state index is -0.521. The summed E-state index contributed by atoms with van der Waals surface area (Å²) in [7, 11) is 0. The van der Waals surface area contributed by atoms with Gasteiger partial charge in [0.2, 0.25) is 5.89 Å². The molecule has 1 aromatic rings. The number of ether oxygens (including phenoxy) is 1. The van der Waals surface area contributed by atoms with Gasteiger partial charge in [0.1, 0.15) is 0 Å². The van der Waals surface area contributed by atoms with Crippen molar-refractivity contribution in [2.45, 2.75) is 32.1 Å². The van der Waals surface area contributed by atoms with E-state index in [0.29, 0.717) is 18.4 Å². The van der Waals surface area contributed by atoms with E-state index in [-0.39, 0.29) is 5.89 Å². The molecule has 5 nitrogen and oxygen atoms in total. The fraction of sp³-hybridized carbons (Fsp3) is 0.727. The van der Waals surface area contributed by atoms with Gasteiger partial charge in [-0.05, 0) is 31.6 Å². The van der Waals surface area contributed by atoms with Crippen LogP contribution in [0.25, 0.3) is 0 Å². The summed E-state index contributed by atoms with van der Waals surface area (Å²) < 4.78 is 10.2. The molecule has 2 fully saturated rings. The second-order valence-electron chi connectivity index (χ2n) is 4.45. The number of carbonyl (C=O) groups excluding carboxylic acids is 1. The Labute approximate surface area is 93.2 Å². The monoisotopic (exact) mass is 222 g/mol.